The number of nitrogens with zero attached hydrogens (tertiary/aromatic N) is 2. The molecule has 0 spiro atoms. The first-order valence-electron chi connectivity index (χ1n) is 8.29. The molecule has 1 N–H and O–H groups in total. The normalized spacial score (nSPS) is 19.5. The molecule has 0 aromatic heterocycles. The Morgan fingerprint density at radius 3 is 2.72 bits per heavy atom. The van der Waals surface area contributed by atoms with Gasteiger partial charge >= 0.3 is 0 Å². The van der Waals surface area contributed by atoms with Crippen molar-refractivity contribution >= 4 is 27.5 Å². The van der Waals surface area contributed by atoms with Gasteiger partial charge in [0.15, 0.2) is 5.84 Å². The molecule has 7 heteroatoms. The standard InChI is InChI=1S/C18H21N3O3S/c1-3-13(2)14-6-8-15(9-7-14)19-18(22)16-5-4-10-21-11-12-25(23,24)20-17(16)21/h4-10,13H,3,11-12H2,1-2H3,(H,19,22)/t13-/m1/s1. The van der Waals surface area contributed by atoms with E-state index in [4.69, 9.17) is 0 Å². The highest BCUT2D eigenvalue weighted by Crippen LogP contribution is 2.22. The fourth-order valence-electron chi connectivity index (χ4n) is 2.72. The highest BCUT2D eigenvalue weighted by Gasteiger charge is 2.29. The number of carbonyl (C=O) groups is 1. The zero-order chi connectivity index (χ0) is 18.0. The van der Waals surface area contributed by atoms with Gasteiger partial charge in [0.25, 0.3) is 15.9 Å². The highest BCUT2D eigenvalue weighted by molar-refractivity contribution is 7.90. The lowest BCUT2D eigenvalue weighted by Gasteiger charge is -2.28. The second kappa shape index (κ2) is 6.84. The average molecular weight is 359 g/mol. The Morgan fingerprint density at radius 2 is 2.04 bits per heavy atom. The third kappa shape index (κ3) is 3.82. The van der Waals surface area contributed by atoms with Gasteiger partial charge in [0, 0.05) is 18.4 Å². The van der Waals surface area contributed by atoms with E-state index in [1.807, 2.05) is 24.3 Å². The Labute approximate surface area is 148 Å². The van der Waals surface area contributed by atoms with E-state index in [0.717, 1.165) is 6.42 Å². The van der Waals surface area contributed by atoms with Crippen molar-refractivity contribution in [3.05, 3.63) is 53.8 Å². The maximum Gasteiger partial charge on any atom is 0.259 e. The van der Waals surface area contributed by atoms with Crippen molar-refractivity contribution in [2.75, 3.05) is 17.6 Å². The van der Waals surface area contributed by atoms with Crippen LogP contribution in [0.25, 0.3) is 0 Å². The summed E-state index contributed by atoms with van der Waals surface area (Å²) in [6.45, 7) is 4.59. The number of hydrogen-bond acceptors (Lipinski definition) is 4. The SMILES string of the molecule is CC[C@@H](C)c1ccc(NC(=O)C2=CC=CN3CCS(=O)(=O)N=C23)cc1. The van der Waals surface area contributed by atoms with Crippen molar-refractivity contribution in [2.24, 2.45) is 4.40 Å². The third-order valence-corrected chi connectivity index (χ3v) is 5.60. The molecule has 132 valence electrons. The molecule has 0 saturated heterocycles. The van der Waals surface area contributed by atoms with Gasteiger partial charge in [0.05, 0.1) is 11.3 Å². The van der Waals surface area contributed by atoms with E-state index >= 15 is 0 Å². The fourth-order valence-corrected chi connectivity index (χ4v) is 3.71. The van der Waals surface area contributed by atoms with Gasteiger partial charge in [0.2, 0.25) is 0 Å². The van der Waals surface area contributed by atoms with Crippen LogP contribution in [0.15, 0.2) is 52.6 Å². The van der Waals surface area contributed by atoms with E-state index in [1.54, 1.807) is 23.3 Å². The Kier molecular flexibility index (Phi) is 4.76. The Balaban J connectivity index is 1.80. The minimum atomic E-state index is -3.52. The molecule has 2 heterocycles. The molecule has 0 aliphatic carbocycles. The van der Waals surface area contributed by atoms with E-state index in [2.05, 4.69) is 23.6 Å². The lowest BCUT2D eigenvalue weighted by atomic mass is 9.98. The van der Waals surface area contributed by atoms with Crippen LogP contribution in [0.5, 0.6) is 0 Å². The minimum absolute atomic E-state index is 0.0488. The molecular formula is C18H21N3O3S. The molecule has 0 radical (unpaired) electrons. The number of anilines is 1. The van der Waals surface area contributed by atoms with Gasteiger partial charge in [0.1, 0.15) is 0 Å². The monoisotopic (exact) mass is 359 g/mol. The first-order valence-corrected chi connectivity index (χ1v) is 9.90. The second-order valence-electron chi connectivity index (χ2n) is 6.20. The molecule has 0 bridgehead atoms. The number of amidine groups is 1. The van der Waals surface area contributed by atoms with E-state index < -0.39 is 10.0 Å². The smallest absolute Gasteiger partial charge is 0.259 e. The molecule has 2 aliphatic heterocycles. The summed E-state index contributed by atoms with van der Waals surface area (Å²) in [5.74, 6) is 0.225. The van der Waals surface area contributed by atoms with Crippen molar-refractivity contribution < 1.29 is 13.2 Å². The van der Waals surface area contributed by atoms with Gasteiger partial charge in [-0.1, -0.05) is 26.0 Å². The number of allylic oxidation sites excluding steroid dienone is 2. The number of hydrogen-bond donors (Lipinski definition) is 1. The molecule has 1 atom stereocenters. The van der Waals surface area contributed by atoms with Gasteiger partial charge in [-0.2, -0.15) is 0 Å². The van der Waals surface area contributed by atoms with E-state index in [0.29, 0.717) is 18.2 Å². The molecule has 1 amide bonds. The van der Waals surface area contributed by atoms with E-state index in [-0.39, 0.29) is 23.1 Å². The zero-order valence-corrected chi connectivity index (χ0v) is 15.1. The van der Waals surface area contributed by atoms with Crippen LogP contribution in [0.4, 0.5) is 5.69 Å². The van der Waals surface area contributed by atoms with Crippen LogP contribution in [0.1, 0.15) is 31.7 Å². The summed E-state index contributed by atoms with van der Waals surface area (Å²) < 4.78 is 27.3. The summed E-state index contributed by atoms with van der Waals surface area (Å²) >= 11 is 0. The van der Waals surface area contributed by atoms with Gasteiger partial charge in [-0.15, -0.1) is 4.40 Å². The lowest BCUT2D eigenvalue weighted by molar-refractivity contribution is -0.112. The highest BCUT2D eigenvalue weighted by atomic mass is 32.2. The van der Waals surface area contributed by atoms with Crippen LogP contribution in [0, 0.1) is 0 Å². The van der Waals surface area contributed by atoms with Crippen molar-refractivity contribution in [2.45, 2.75) is 26.2 Å². The molecule has 1 aromatic rings. The molecule has 25 heavy (non-hydrogen) atoms. The van der Waals surface area contributed by atoms with Gasteiger partial charge in [-0.05, 0) is 42.2 Å². The molecular weight excluding hydrogens is 338 g/mol. The van der Waals surface area contributed by atoms with Crippen molar-refractivity contribution in [3.8, 4) is 0 Å². The maximum atomic E-state index is 12.6. The van der Waals surface area contributed by atoms with Crippen molar-refractivity contribution in [3.63, 3.8) is 0 Å². The van der Waals surface area contributed by atoms with Gasteiger partial charge in [-0.25, -0.2) is 8.42 Å². The summed E-state index contributed by atoms with van der Waals surface area (Å²) in [7, 11) is -3.52. The summed E-state index contributed by atoms with van der Waals surface area (Å²) in [6, 6.07) is 7.70. The molecule has 6 nitrogen and oxygen atoms in total. The fraction of sp³-hybridized carbons (Fsp3) is 0.333. The van der Waals surface area contributed by atoms with E-state index in [1.165, 1.54) is 5.56 Å². The van der Waals surface area contributed by atoms with Gasteiger partial charge < -0.3 is 10.2 Å². The molecule has 3 rings (SSSR count). The molecule has 2 aliphatic rings. The first kappa shape index (κ1) is 17.4. The quantitative estimate of drug-likeness (QED) is 0.896. The zero-order valence-electron chi connectivity index (χ0n) is 14.3. The minimum Gasteiger partial charge on any atom is -0.331 e. The summed E-state index contributed by atoms with van der Waals surface area (Å²) in [4.78, 5) is 14.3. The number of amides is 1. The van der Waals surface area contributed by atoms with Crippen LogP contribution in [0.2, 0.25) is 0 Å². The first-order chi connectivity index (χ1) is 11.9. The van der Waals surface area contributed by atoms with Crippen LogP contribution < -0.4 is 5.32 Å². The number of nitrogens with one attached hydrogen (secondary N) is 1. The molecule has 1 aromatic carbocycles. The second-order valence-corrected chi connectivity index (χ2v) is 7.96. The van der Waals surface area contributed by atoms with Crippen LogP contribution >= 0.6 is 0 Å². The van der Waals surface area contributed by atoms with Crippen molar-refractivity contribution in [1.29, 1.82) is 0 Å². The topological polar surface area (TPSA) is 78.8 Å². The summed E-state index contributed by atoms with van der Waals surface area (Å²) in [5.41, 5.74) is 2.13. The van der Waals surface area contributed by atoms with Crippen LogP contribution in [-0.2, 0) is 14.8 Å². The van der Waals surface area contributed by atoms with Crippen molar-refractivity contribution in [1.82, 2.24) is 4.90 Å². The summed E-state index contributed by atoms with van der Waals surface area (Å²) in [6.07, 6.45) is 6.08. The Bertz CT molecular complexity index is 867. The molecule has 0 unspecified atom stereocenters. The number of sulfonamides is 1. The number of benzene rings is 1. The third-order valence-electron chi connectivity index (χ3n) is 4.45. The van der Waals surface area contributed by atoms with Crippen LogP contribution in [0.3, 0.4) is 0 Å². The average Bonchev–Trinajstić information content (AvgIpc) is 2.60. The Morgan fingerprint density at radius 1 is 1.32 bits per heavy atom. The number of carbonyl (C=O) groups excluding carboxylic acids is 1. The predicted octanol–water partition coefficient (Wildman–Crippen LogP) is 2.64. The van der Waals surface area contributed by atoms with E-state index in [9.17, 15) is 13.2 Å². The number of fused-ring (bicyclic) bond motifs is 1. The largest absolute Gasteiger partial charge is 0.331 e. The molecule has 0 saturated carbocycles. The summed E-state index contributed by atoms with van der Waals surface area (Å²) in [5, 5.41) is 2.81. The van der Waals surface area contributed by atoms with Crippen LogP contribution in [-0.4, -0.2) is 37.4 Å². The maximum absolute atomic E-state index is 12.6. The predicted molar refractivity (Wildman–Crippen MR) is 98.9 cm³/mol. The lowest BCUT2D eigenvalue weighted by Crippen LogP contribution is -2.40. The molecule has 0 fully saturated rings. The number of rotatable bonds is 4. The van der Waals surface area contributed by atoms with Gasteiger partial charge in [-0.3, -0.25) is 4.79 Å². The Hall–Kier alpha value is -2.41.